The Labute approximate surface area is 161 Å². The summed E-state index contributed by atoms with van der Waals surface area (Å²) in [5, 5.41) is 0.680. The van der Waals surface area contributed by atoms with Gasteiger partial charge >= 0.3 is 0 Å². The summed E-state index contributed by atoms with van der Waals surface area (Å²) in [5.74, 6) is 0.849. The molecule has 134 valence electrons. The van der Waals surface area contributed by atoms with Crippen LogP contribution in [0.3, 0.4) is 0 Å². The number of nitrogens with zero attached hydrogens (tertiary/aromatic N) is 6. The van der Waals surface area contributed by atoms with Crippen molar-refractivity contribution in [3.8, 4) is 10.6 Å². The van der Waals surface area contributed by atoms with Gasteiger partial charge in [0.05, 0.1) is 42.2 Å². The Bertz CT molecular complexity index is 1170. The molecule has 0 fully saturated rings. The van der Waals surface area contributed by atoms with Gasteiger partial charge in [0.1, 0.15) is 11.3 Å². The number of pyridine rings is 2. The van der Waals surface area contributed by atoms with Crippen molar-refractivity contribution in [2.75, 3.05) is 11.9 Å². The van der Waals surface area contributed by atoms with Crippen molar-refractivity contribution in [1.82, 2.24) is 19.5 Å². The van der Waals surface area contributed by atoms with E-state index in [1.807, 2.05) is 43.1 Å². The first-order valence-corrected chi connectivity index (χ1v) is 9.39. The van der Waals surface area contributed by atoms with E-state index in [-0.39, 0.29) is 0 Å². The van der Waals surface area contributed by atoms with Crippen LogP contribution in [-0.4, -0.2) is 26.6 Å². The molecule has 0 radical (unpaired) electrons. The van der Waals surface area contributed by atoms with Gasteiger partial charge < -0.3 is 9.47 Å². The highest BCUT2D eigenvalue weighted by molar-refractivity contribution is 7.19. The van der Waals surface area contributed by atoms with E-state index in [4.69, 9.17) is 6.57 Å². The highest BCUT2D eigenvalue weighted by Gasteiger charge is 2.14. The number of imidazole rings is 1. The molecule has 6 nitrogen and oxygen atoms in total. The van der Waals surface area contributed by atoms with E-state index >= 15 is 0 Å². The third-order valence-electron chi connectivity index (χ3n) is 4.60. The molecule has 0 bridgehead atoms. The Morgan fingerprint density at radius 3 is 2.78 bits per heavy atom. The Kier molecular flexibility index (Phi) is 4.34. The van der Waals surface area contributed by atoms with Gasteiger partial charge in [0, 0.05) is 25.0 Å². The number of rotatable bonds is 4. The smallest absolute Gasteiger partial charge is 0.241 e. The number of thiophene rings is 1. The molecule has 0 amide bonds. The molecule has 0 atom stereocenters. The summed E-state index contributed by atoms with van der Waals surface area (Å²) in [6, 6.07) is 7.94. The molecule has 4 aromatic heterocycles. The lowest BCUT2D eigenvalue weighted by atomic mass is 10.1. The maximum atomic E-state index is 7.14. The van der Waals surface area contributed by atoms with E-state index in [2.05, 4.69) is 37.7 Å². The van der Waals surface area contributed by atoms with Crippen LogP contribution in [0.15, 0.2) is 43.0 Å². The number of aryl methyl sites for hydroxylation is 2. The maximum Gasteiger partial charge on any atom is 0.241 e. The second-order valence-corrected chi connectivity index (χ2v) is 7.31. The Morgan fingerprint density at radius 1 is 1.19 bits per heavy atom. The van der Waals surface area contributed by atoms with Crippen LogP contribution in [0.1, 0.15) is 12.5 Å². The summed E-state index contributed by atoms with van der Waals surface area (Å²) in [4.78, 5) is 20.1. The SMILES string of the molecule is [C-]#[N+]c1ccc(-c2cc(CC)c(N(C)c3cc4c(cn3)ncn4C)cn2)s1. The van der Waals surface area contributed by atoms with Crippen molar-refractivity contribution >= 4 is 38.9 Å². The van der Waals surface area contributed by atoms with E-state index in [0.29, 0.717) is 5.00 Å². The maximum absolute atomic E-state index is 7.14. The number of anilines is 2. The third kappa shape index (κ3) is 3.04. The molecule has 0 spiro atoms. The van der Waals surface area contributed by atoms with E-state index in [0.717, 1.165) is 39.5 Å². The zero-order valence-corrected chi connectivity index (χ0v) is 16.2. The molecule has 0 saturated carbocycles. The van der Waals surface area contributed by atoms with E-state index in [9.17, 15) is 0 Å². The Hall–Kier alpha value is -3.24. The van der Waals surface area contributed by atoms with Gasteiger partial charge in [-0.3, -0.25) is 4.98 Å². The molecule has 0 unspecified atom stereocenters. The first kappa shape index (κ1) is 17.2. The predicted octanol–water partition coefficient (Wildman–Crippen LogP) is 4.97. The molecule has 0 aromatic carbocycles. The van der Waals surface area contributed by atoms with Crippen molar-refractivity contribution in [2.24, 2.45) is 7.05 Å². The monoisotopic (exact) mass is 374 g/mol. The fraction of sp³-hybridized carbons (Fsp3) is 0.200. The average molecular weight is 374 g/mol. The number of hydrogen-bond donors (Lipinski definition) is 0. The third-order valence-corrected chi connectivity index (χ3v) is 5.61. The molecule has 7 heteroatoms. The highest BCUT2D eigenvalue weighted by atomic mass is 32.1. The van der Waals surface area contributed by atoms with Gasteiger partial charge in [0.25, 0.3) is 0 Å². The lowest BCUT2D eigenvalue weighted by molar-refractivity contribution is 0.946. The van der Waals surface area contributed by atoms with Gasteiger partial charge in [-0.05, 0) is 24.1 Å². The summed E-state index contributed by atoms with van der Waals surface area (Å²) >= 11 is 1.47. The zero-order valence-electron chi connectivity index (χ0n) is 15.3. The molecule has 0 aliphatic carbocycles. The summed E-state index contributed by atoms with van der Waals surface area (Å²) in [7, 11) is 3.98. The zero-order chi connectivity index (χ0) is 19.0. The van der Waals surface area contributed by atoms with E-state index in [1.165, 1.54) is 16.9 Å². The molecule has 0 aliphatic rings. The minimum Gasteiger partial charge on any atom is -0.334 e. The van der Waals surface area contributed by atoms with Crippen LogP contribution in [-0.2, 0) is 13.5 Å². The fourth-order valence-electron chi connectivity index (χ4n) is 3.06. The van der Waals surface area contributed by atoms with Crippen LogP contribution in [0.2, 0.25) is 0 Å². The number of aromatic nitrogens is 4. The fourth-order valence-corrected chi connectivity index (χ4v) is 3.82. The quantitative estimate of drug-likeness (QED) is 0.473. The van der Waals surface area contributed by atoms with Crippen LogP contribution < -0.4 is 4.90 Å². The van der Waals surface area contributed by atoms with Crippen LogP contribution in [0.4, 0.5) is 16.5 Å². The summed E-state index contributed by atoms with van der Waals surface area (Å²) in [6.07, 6.45) is 6.36. The highest BCUT2D eigenvalue weighted by Crippen LogP contribution is 2.35. The van der Waals surface area contributed by atoms with Crippen LogP contribution in [0.5, 0.6) is 0 Å². The summed E-state index contributed by atoms with van der Waals surface area (Å²) in [5.41, 5.74) is 5.04. The average Bonchev–Trinajstić information content (AvgIpc) is 3.33. The van der Waals surface area contributed by atoms with Gasteiger partial charge in [-0.25, -0.2) is 14.8 Å². The molecule has 0 N–H and O–H groups in total. The van der Waals surface area contributed by atoms with Crippen LogP contribution >= 0.6 is 11.3 Å². The Balaban J connectivity index is 1.73. The molecule has 27 heavy (non-hydrogen) atoms. The van der Waals surface area contributed by atoms with Crippen molar-refractivity contribution in [1.29, 1.82) is 0 Å². The predicted molar refractivity (Wildman–Crippen MR) is 110 cm³/mol. The van der Waals surface area contributed by atoms with Crippen molar-refractivity contribution < 1.29 is 0 Å². The van der Waals surface area contributed by atoms with Gasteiger partial charge in [0.15, 0.2) is 0 Å². The van der Waals surface area contributed by atoms with Gasteiger partial charge in [0.2, 0.25) is 5.00 Å². The van der Waals surface area contributed by atoms with Crippen LogP contribution in [0.25, 0.3) is 26.4 Å². The van der Waals surface area contributed by atoms with E-state index < -0.39 is 0 Å². The number of fused-ring (bicyclic) bond motifs is 1. The normalized spacial score (nSPS) is 10.9. The molecule has 4 rings (SSSR count). The molecule has 0 saturated heterocycles. The first-order valence-electron chi connectivity index (χ1n) is 8.58. The van der Waals surface area contributed by atoms with Crippen molar-refractivity contribution in [3.05, 3.63) is 60.0 Å². The molecular weight excluding hydrogens is 356 g/mol. The second-order valence-electron chi connectivity index (χ2n) is 6.25. The summed E-state index contributed by atoms with van der Waals surface area (Å²) < 4.78 is 1.99. The molecule has 0 aliphatic heterocycles. The molecule has 4 aromatic rings. The Morgan fingerprint density at radius 2 is 2.04 bits per heavy atom. The molecular formula is C20H18N6S. The van der Waals surface area contributed by atoms with Gasteiger partial charge in [-0.15, -0.1) is 0 Å². The van der Waals surface area contributed by atoms with Crippen molar-refractivity contribution in [3.63, 3.8) is 0 Å². The van der Waals surface area contributed by atoms with Gasteiger partial charge in [-0.1, -0.05) is 13.0 Å². The van der Waals surface area contributed by atoms with Gasteiger partial charge in [-0.2, -0.15) is 11.3 Å². The lowest BCUT2D eigenvalue weighted by Gasteiger charge is -2.21. The standard InChI is InChI=1S/C20H18N6S/c1-5-13-8-14(18-6-7-20(21-2)27-18)22-11-17(13)26(4)19-9-16-15(10-23-19)24-12-25(16)3/h6-12H,5H2,1,3-4H3. The largest absolute Gasteiger partial charge is 0.334 e. The van der Waals surface area contributed by atoms with Crippen LogP contribution in [0, 0.1) is 6.57 Å². The molecule has 4 heterocycles. The number of hydrogen-bond acceptors (Lipinski definition) is 5. The minimum atomic E-state index is 0.680. The second kappa shape index (κ2) is 6.82. The van der Waals surface area contributed by atoms with Crippen molar-refractivity contribution in [2.45, 2.75) is 13.3 Å². The summed E-state index contributed by atoms with van der Waals surface area (Å²) in [6.45, 7) is 9.27. The lowest BCUT2D eigenvalue weighted by Crippen LogP contribution is -2.14. The van der Waals surface area contributed by atoms with E-state index in [1.54, 1.807) is 12.5 Å². The first-order chi connectivity index (χ1) is 13.1. The topological polar surface area (TPSA) is 51.2 Å². The minimum absolute atomic E-state index is 0.680.